The number of benzene rings is 1. The van der Waals surface area contributed by atoms with E-state index in [9.17, 15) is 14.0 Å². The van der Waals surface area contributed by atoms with E-state index in [2.05, 4.69) is 20.2 Å². The summed E-state index contributed by atoms with van der Waals surface area (Å²) in [6.45, 7) is 5.30. The first-order valence-electron chi connectivity index (χ1n) is 13.4. The van der Waals surface area contributed by atoms with Crippen molar-refractivity contribution < 1.29 is 18.7 Å². The number of nitrogens with zero attached hydrogens (tertiary/aromatic N) is 3. The molecule has 3 heterocycles. The van der Waals surface area contributed by atoms with E-state index in [0.717, 1.165) is 60.4 Å². The van der Waals surface area contributed by atoms with Gasteiger partial charge in [0, 0.05) is 17.1 Å². The molecule has 208 valence electrons. The van der Waals surface area contributed by atoms with Gasteiger partial charge in [0.05, 0.1) is 17.0 Å². The van der Waals surface area contributed by atoms with Gasteiger partial charge in [0.25, 0.3) is 0 Å². The SMILES string of the molecule is CCOC(=O)C1CCCCN1C/C=C/C(C)=O.Fc1ccc(Nc2ncnc3sc4c(c23)CCCC4)cc1Cl. The number of ether oxygens (including phenoxy) is 1. The largest absolute Gasteiger partial charge is 0.465 e. The number of halogens is 2. The number of carbonyl (C=O) groups excluding carboxylic acids is 2. The molecule has 1 fully saturated rings. The van der Waals surface area contributed by atoms with Crippen molar-refractivity contribution in [2.75, 3.05) is 25.0 Å². The molecular formula is C29H34ClFN4O3S. The molecule has 7 nitrogen and oxygen atoms in total. The zero-order valence-corrected chi connectivity index (χ0v) is 23.9. The lowest BCUT2D eigenvalue weighted by atomic mass is 9.97. The highest BCUT2D eigenvalue weighted by Gasteiger charge is 2.28. The van der Waals surface area contributed by atoms with Crippen LogP contribution >= 0.6 is 22.9 Å². The molecule has 1 aliphatic heterocycles. The third-order valence-corrected chi connectivity index (χ3v) is 8.29. The molecule has 10 heteroatoms. The van der Waals surface area contributed by atoms with Crippen molar-refractivity contribution in [2.45, 2.75) is 64.8 Å². The van der Waals surface area contributed by atoms with E-state index in [-0.39, 0.29) is 22.8 Å². The highest BCUT2D eigenvalue weighted by Crippen LogP contribution is 2.39. The van der Waals surface area contributed by atoms with Crippen LogP contribution in [0.2, 0.25) is 5.02 Å². The average molecular weight is 573 g/mol. The first-order valence-corrected chi connectivity index (χ1v) is 14.6. The molecule has 0 saturated carbocycles. The summed E-state index contributed by atoms with van der Waals surface area (Å²) in [5.74, 6) is 0.248. The lowest BCUT2D eigenvalue weighted by Gasteiger charge is -2.32. The number of fused-ring (bicyclic) bond motifs is 3. The second-order valence-electron chi connectivity index (χ2n) is 9.64. The minimum absolute atomic E-state index is 0.0368. The summed E-state index contributed by atoms with van der Waals surface area (Å²) >= 11 is 7.60. The van der Waals surface area contributed by atoms with Crippen LogP contribution in [0, 0.1) is 5.82 Å². The summed E-state index contributed by atoms with van der Waals surface area (Å²) < 4.78 is 18.3. The highest BCUT2D eigenvalue weighted by molar-refractivity contribution is 7.19. The Morgan fingerprint density at radius 3 is 2.82 bits per heavy atom. The van der Waals surface area contributed by atoms with Gasteiger partial charge in [-0.05, 0) is 88.8 Å². The van der Waals surface area contributed by atoms with Crippen LogP contribution < -0.4 is 5.32 Å². The molecule has 5 rings (SSSR count). The highest BCUT2D eigenvalue weighted by atomic mass is 35.5. The topological polar surface area (TPSA) is 84.4 Å². The van der Waals surface area contributed by atoms with Gasteiger partial charge in [-0.15, -0.1) is 11.3 Å². The molecule has 39 heavy (non-hydrogen) atoms. The van der Waals surface area contributed by atoms with Crippen LogP contribution in [0.25, 0.3) is 10.2 Å². The van der Waals surface area contributed by atoms with Crippen LogP contribution in [0.1, 0.15) is 56.4 Å². The number of allylic oxidation sites excluding steroid dienone is 1. The summed E-state index contributed by atoms with van der Waals surface area (Å²) in [7, 11) is 0. The Hall–Kier alpha value is -2.88. The van der Waals surface area contributed by atoms with Gasteiger partial charge in [-0.25, -0.2) is 14.4 Å². The number of aryl methyl sites for hydroxylation is 2. The molecule has 1 saturated heterocycles. The van der Waals surface area contributed by atoms with Crippen LogP contribution in [0.15, 0.2) is 36.7 Å². The van der Waals surface area contributed by atoms with Crippen molar-refractivity contribution in [3.63, 3.8) is 0 Å². The second kappa shape index (κ2) is 14.0. The third kappa shape index (κ3) is 7.62. The Balaban J connectivity index is 0.000000188. The number of aromatic nitrogens is 2. The van der Waals surface area contributed by atoms with Gasteiger partial charge >= 0.3 is 5.97 Å². The lowest BCUT2D eigenvalue weighted by Crippen LogP contribution is -2.45. The van der Waals surface area contributed by atoms with Gasteiger partial charge in [0.1, 0.15) is 28.8 Å². The number of hydrogen-bond donors (Lipinski definition) is 1. The van der Waals surface area contributed by atoms with Crippen LogP contribution in [-0.4, -0.2) is 52.4 Å². The number of piperidine rings is 1. The average Bonchev–Trinajstić information content (AvgIpc) is 3.31. The molecule has 1 unspecified atom stereocenters. The summed E-state index contributed by atoms with van der Waals surface area (Å²) in [5, 5.41) is 4.45. The van der Waals surface area contributed by atoms with Gasteiger partial charge in [0.2, 0.25) is 0 Å². The quantitative estimate of drug-likeness (QED) is 0.250. The molecule has 1 N–H and O–H groups in total. The van der Waals surface area contributed by atoms with Crippen LogP contribution in [0.4, 0.5) is 15.9 Å². The van der Waals surface area contributed by atoms with Crippen LogP contribution in [-0.2, 0) is 27.2 Å². The fraction of sp³-hybridized carbons (Fsp3) is 0.448. The third-order valence-electron chi connectivity index (χ3n) is 6.80. The summed E-state index contributed by atoms with van der Waals surface area (Å²) in [6.07, 6.45) is 12.6. The molecule has 0 radical (unpaired) electrons. The van der Waals surface area contributed by atoms with Crippen LogP contribution in [0.3, 0.4) is 0 Å². The smallest absolute Gasteiger partial charge is 0.323 e. The zero-order valence-electron chi connectivity index (χ0n) is 22.3. The molecule has 2 aromatic heterocycles. The minimum Gasteiger partial charge on any atom is -0.465 e. The van der Waals surface area contributed by atoms with Gasteiger partial charge < -0.3 is 10.1 Å². The molecule has 3 aromatic rings. The van der Waals surface area contributed by atoms with Gasteiger partial charge in [-0.2, -0.15) is 0 Å². The number of anilines is 2. The standard InChI is InChI=1S/C16H13ClFN3S.C13H21NO3/c17-11-7-9(5-6-12(11)18)21-15-14-10-3-1-2-4-13(10)22-16(14)20-8-19-15;1-3-17-13(16)12-8-4-5-9-14(12)10-6-7-11(2)15/h5-8H,1-4H2,(H,19,20,21);6-7,12H,3-5,8-10H2,1-2H3/b;7-6+. The predicted molar refractivity (Wildman–Crippen MR) is 154 cm³/mol. The van der Waals surface area contributed by atoms with E-state index >= 15 is 0 Å². The Bertz CT molecular complexity index is 1350. The summed E-state index contributed by atoms with van der Waals surface area (Å²) in [5.41, 5.74) is 2.09. The maximum absolute atomic E-state index is 13.3. The first kappa shape index (κ1) is 29.1. The zero-order chi connectivity index (χ0) is 27.8. The van der Waals surface area contributed by atoms with Crippen molar-refractivity contribution in [1.29, 1.82) is 0 Å². The van der Waals surface area contributed by atoms with Crippen molar-refractivity contribution in [2.24, 2.45) is 0 Å². The number of carbonyl (C=O) groups is 2. The van der Waals surface area contributed by atoms with Gasteiger partial charge in [0.15, 0.2) is 5.78 Å². The number of likely N-dealkylation sites (tertiary alicyclic amines) is 1. The Kier molecular flexibility index (Phi) is 10.4. The number of ketones is 1. The Morgan fingerprint density at radius 1 is 1.23 bits per heavy atom. The normalized spacial score (nSPS) is 17.4. The minimum atomic E-state index is -0.423. The number of esters is 1. The van der Waals surface area contributed by atoms with Crippen LogP contribution in [0.5, 0.6) is 0 Å². The number of nitrogens with one attached hydrogen (secondary N) is 1. The maximum atomic E-state index is 13.3. The monoisotopic (exact) mass is 572 g/mol. The Labute approximate surface area is 237 Å². The van der Waals surface area contributed by atoms with E-state index in [1.165, 1.54) is 36.3 Å². The van der Waals surface area contributed by atoms with E-state index < -0.39 is 5.82 Å². The predicted octanol–water partition coefficient (Wildman–Crippen LogP) is 6.66. The van der Waals surface area contributed by atoms with Crippen molar-refractivity contribution in [3.8, 4) is 0 Å². The summed E-state index contributed by atoms with van der Waals surface area (Å²) in [4.78, 5) is 35.9. The van der Waals surface area contributed by atoms with Gasteiger partial charge in [-0.1, -0.05) is 24.1 Å². The molecule has 0 amide bonds. The Morgan fingerprint density at radius 2 is 2.05 bits per heavy atom. The number of rotatable bonds is 7. The van der Waals surface area contributed by atoms with E-state index in [4.69, 9.17) is 16.3 Å². The van der Waals surface area contributed by atoms with E-state index in [1.807, 2.05) is 13.0 Å². The molecule has 2 aliphatic rings. The summed E-state index contributed by atoms with van der Waals surface area (Å²) in [6, 6.07) is 4.45. The fourth-order valence-electron chi connectivity index (χ4n) is 4.96. The molecule has 1 aliphatic carbocycles. The molecule has 0 spiro atoms. The van der Waals surface area contributed by atoms with E-state index in [0.29, 0.717) is 13.2 Å². The van der Waals surface area contributed by atoms with E-state index in [1.54, 1.807) is 35.9 Å². The number of thiophene rings is 1. The lowest BCUT2D eigenvalue weighted by molar-refractivity contribution is -0.150. The molecule has 0 bridgehead atoms. The molecule has 1 atom stereocenters. The fourth-order valence-corrected chi connectivity index (χ4v) is 6.37. The molecular weight excluding hydrogens is 539 g/mol. The second-order valence-corrected chi connectivity index (χ2v) is 11.1. The van der Waals surface area contributed by atoms with Crippen molar-refractivity contribution in [3.05, 3.63) is 58.0 Å². The first-order chi connectivity index (χ1) is 18.9. The van der Waals surface area contributed by atoms with Crippen molar-refractivity contribution >= 4 is 56.4 Å². The molecule has 1 aromatic carbocycles. The van der Waals surface area contributed by atoms with Gasteiger partial charge in [-0.3, -0.25) is 14.5 Å². The maximum Gasteiger partial charge on any atom is 0.323 e. The number of hydrogen-bond acceptors (Lipinski definition) is 8. The van der Waals surface area contributed by atoms with Crippen molar-refractivity contribution in [1.82, 2.24) is 14.9 Å².